The summed E-state index contributed by atoms with van der Waals surface area (Å²) in [6, 6.07) is 7.02. The van der Waals surface area contributed by atoms with Gasteiger partial charge in [-0.3, -0.25) is 0 Å². The molecule has 98 valence electrons. The van der Waals surface area contributed by atoms with E-state index in [0.29, 0.717) is 0 Å². The summed E-state index contributed by atoms with van der Waals surface area (Å²) >= 11 is 0. The van der Waals surface area contributed by atoms with Crippen LogP contribution in [0, 0.1) is 11.7 Å². The number of nitrogens with zero attached hydrogens (tertiary/aromatic N) is 3. The number of hydrogen-bond acceptors (Lipinski definition) is 2. The second kappa shape index (κ2) is 4.15. The lowest BCUT2D eigenvalue weighted by molar-refractivity contribution is 0.508. The highest BCUT2D eigenvalue weighted by atomic mass is 19.1. The molecule has 0 N–H and O–H groups in total. The zero-order chi connectivity index (χ0) is 12.8. The highest BCUT2D eigenvalue weighted by Gasteiger charge is 2.30. The predicted octanol–water partition coefficient (Wildman–Crippen LogP) is 2.91. The van der Waals surface area contributed by atoms with Crippen molar-refractivity contribution in [2.75, 3.05) is 0 Å². The zero-order valence-electron chi connectivity index (χ0n) is 10.7. The maximum atomic E-state index is 13.9. The number of aryl methyl sites for hydroxylation is 1. The van der Waals surface area contributed by atoms with Gasteiger partial charge in [0.25, 0.3) is 0 Å². The van der Waals surface area contributed by atoms with Gasteiger partial charge in [0.2, 0.25) is 0 Å². The molecule has 0 bridgehead atoms. The Morgan fingerprint density at radius 1 is 1.21 bits per heavy atom. The third kappa shape index (κ3) is 1.95. The Morgan fingerprint density at radius 2 is 2.05 bits per heavy atom. The van der Waals surface area contributed by atoms with E-state index in [-0.39, 0.29) is 11.9 Å². The number of halogens is 1. The Labute approximate surface area is 111 Å². The smallest absolute Gasteiger partial charge is 0.151 e. The summed E-state index contributed by atoms with van der Waals surface area (Å²) in [5, 5.41) is 4.61. The minimum atomic E-state index is -0.139. The molecule has 2 aromatic rings. The first-order valence-electron chi connectivity index (χ1n) is 7.00. The summed E-state index contributed by atoms with van der Waals surface area (Å²) in [4.78, 5) is 4.61. The fourth-order valence-electron chi connectivity index (χ4n) is 2.91. The topological polar surface area (TPSA) is 30.7 Å². The lowest BCUT2D eigenvalue weighted by atomic mass is 10.0. The molecule has 4 heteroatoms. The van der Waals surface area contributed by atoms with Gasteiger partial charge < -0.3 is 0 Å². The van der Waals surface area contributed by atoms with E-state index in [1.807, 2.05) is 16.8 Å². The van der Waals surface area contributed by atoms with Crippen molar-refractivity contribution in [2.45, 2.75) is 38.1 Å². The lowest BCUT2D eigenvalue weighted by Gasteiger charge is -2.12. The van der Waals surface area contributed by atoms with Gasteiger partial charge in [0.15, 0.2) is 5.82 Å². The molecule has 1 saturated carbocycles. The van der Waals surface area contributed by atoms with E-state index >= 15 is 0 Å². The van der Waals surface area contributed by atoms with Crippen LogP contribution in [0.15, 0.2) is 24.3 Å². The molecule has 2 heterocycles. The summed E-state index contributed by atoms with van der Waals surface area (Å²) in [6.07, 6.45) is 5.40. The highest BCUT2D eigenvalue weighted by molar-refractivity contribution is 5.24. The van der Waals surface area contributed by atoms with Crippen molar-refractivity contribution in [3.63, 3.8) is 0 Å². The first-order chi connectivity index (χ1) is 9.31. The van der Waals surface area contributed by atoms with Crippen LogP contribution in [0.2, 0.25) is 0 Å². The van der Waals surface area contributed by atoms with Gasteiger partial charge in [-0.2, -0.15) is 5.10 Å². The van der Waals surface area contributed by atoms with E-state index in [0.717, 1.165) is 42.4 Å². The minimum absolute atomic E-state index is 0.0247. The Morgan fingerprint density at radius 3 is 2.84 bits per heavy atom. The van der Waals surface area contributed by atoms with Crippen molar-refractivity contribution in [1.82, 2.24) is 14.8 Å². The third-order valence-corrected chi connectivity index (χ3v) is 4.11. The number of fused-ring (bicyclic) bond motifs is 1. The second-order valence-corrected chi connectivity index (χ2v) is 5.61. The molecule has 0 radical (unpaired) electrons. The van der Waals surface area contributed by atoms with Crippen molar-refractivity contribution >= 4 is 0 Å². The third-order valence-electron chi connectivity index (χ3n) is 4.11. The molecule has 0 saturated heterocycles. The first-order valence-corrected chi connectivity index (χ1v) is 7.00. The van der Waals surface area contributed by atoms with Crippen molar-refractivity contribution in [1.29, 1.82) is 0 Å². The van der Waals surface area contributed by atoms with Gasteiger partial charge in [-0.15, -0.1) is 0 Å². The van der Waals surface area contributed by atoms with E-state index in [1.165, 1.54) is 18.9 Å². The molecule has 0 spiro atoms. The molecule has 4 rings (SSSR count). The number of rotatable bonds is 3. The number of aromatic nitrogens is 3. The molecule has 1 aliphatic heterocycles. The molecule has 19 heavy (non-hydrogen) atoms. The molecule has 0 unspecified atom stereocenters. The van der Waals surface area contributed by atoms with Gasteiger partial charge in [0, 0.05) is 18.4 Å². The first kappa shape index (κ1) is 11.1. The maximum absolute atomic E-state index is 13.9. The molecule has 1 aromatic carbocycles. The monoisotopic (exact) mass is 257 g/mol. The van der Waals surface area contributed by atoms with Crippen LogP contribution in [0.4, 0.5) is 4.39 Å². The quantitative estimate of drug-likeness (QED) is 0.846. The largest absolute Gasteiger partial charge is 0.242 e. The van der Waals surface area contributed by atoms with E-state index in [1.54, 1.807) is 6.07 Å². The van der Waals surface area contributed by atoms with Crippen LogP contribution in [0.1, 0.15) is 42.5 Å². The number of hydrogen-bond donors (Lipinski definition) is 0. The van der Waals surface area contributed by atoms with Crippen molar-refractivity contribution in [3.05, 3.63) is 47.3 Å². The van der Waals surface area contributed by atoms with Gasteiger partial charge >= 0.3 is 0 Å². The standard InChI is InChI=1S/C15H16FN3/c16-12-4-2-1-3-11(12)13-7-8-15-17-14(18-19(13)15)9-10-5-6-10/h1-4,10,13H,5-9H2/t13-/m0/s1. The minimum Gasteiger partial charge on any atom is -0.242 e. The summed E-state index contributed by atoms with van der Waals surface area (Å²) < 4.78 is 15.8. The van der Waals surface area contributed by atoms with E-state index in [2.05, 4.69) is 10.1 Å². The second-order valence-electron chi connectivity index (χ2n) is 5.61. The van der Waals surface area contributed by atoms with Crippen molar-refractivity contribution < 1.29 is 4.39 Å². The van der Waals surface area contributed by atoms with Crippen LogP contribution in [0.25, 0.3) is 0 Å². The van der Waals surface area contributed by atoms with Gasteiger partial charge in [-0.1, -0.05) is 18.2 Å². The predicted molar refractivity (Wildman–Crippen MR) is 69.3 cm³/mol. The Balaban J connectivity index is 1.67. The fourth-order valence-corrected chi connectivity index (χ4v) is 2.91. The van der Waals surface area contributed by atoms with Crippen LogP contribution < -0.4 is 0 Å². The lowest BCUT2D eigenvalue weighted by Crippen LogP contribution is -2.09. The molecule has 0 amide bonds. The van der Waals surface area contributed by atoms with E-state index in [4.69, 9.17) is 0 Å². The van der Waals surface area contributed by atoms with E-state index in [9.17, 15) is 4.39 Å². The Hall–Kier alpha value is -1.71. The average molecular weight is 257 g/mol. The summed E-state index contributed by atoms with van der Waals surface area (Å²) in [6.45, 7) is 0. The van der Waals surface area contributed by atoms with Crippen LogP contribution in [-0.4, -0.2) is 14.8 Å². The maximum Gasteiger partial charge on any atom is 0.151 e. The Kier molecular flexibility index (Phi) is 2.43. The molecule has 1 atom stereocenters. The van der Waals surface area contributed by atoms with Gasteiger partial charge in [-0.05, 0) is 31.2 Å². The molecule has 1 aliphatic carbocycles. The normalized spacial score (nSPS) is 21.6. The van der Waals surface area contributed by atoms with Gasteiger partial charge in [0.05, 0.1) is 6.04 Å². The SMILES string of the molecule is Fc1ccccc1[C@@H]1CCc2nc(CC3CC3)nn21. The van der Waals surface area contributed by atoms with Crippen LogP contribution >= 0.6 is 0 Å². The van der Waals surface area contributed by atoms with Crippen LogP contribution in [0.5, 0.6) is 0 Å². The van der Waals surface area contributed by atoms with E-state index < -0.39 is 0 Å². The van der Waals surface area contributed by atoms with Gasteiger partial charge in [0.1, 0.15) is 11.6 Å². The molecule has 1 aromatic heterocycles. The molecule has 2 aliphatic rings. The van der Waals surface area contributed by atoms with Crippen molar-refractivity contribution in [3.8, 4) is 0 Å². The Bertz CT molecular complexity index is 616. The molecular formula is C15H16FN3. The number of benzene rings is 1. The highest BCUT2D eigenvalue weighted by Crippen LogP contribution is 2.34. The zero-order valence-corrected chi connectivity index (χ0v) is 10.7. The fraction of sp³-hybridized carbons (Fsp3) is 0.467. The summed E-state index contributed by atoms with van der Waals surface area (Å²) in [5.41, 5.74) is 0.740. The molecule has 3 nitrogen and oxygen atoms in total. The average Bonchev–Trinajstić information content (AvgIpc) is 2.99. The molecule has 1 fully saturated rings. The van der Waals surface area contributed by atoms with Crippen LogP contribution in [-0.2, 0) is 12.8 Å². The molecular weight excluding hydrogens is 241 g/mol. The van der Waals surface area contributed by atoms with Gasteiger partial charge in [-0.25, -0.2) is 14.1 Å². The van der Waals surface area contributed by atoms with Crippen molar-refractivity contribution in [2.24, 2.45) is 5.92 Å². The van der Waals surface area contributed by atoms with Crippen LogP contribution in [0.3, 0.4) is 0 Å². The summed E-state index contributed by atoms with van der Waals surface area (Å²) in [5.74, 6) is 2.61. The summed E-state index contributed by atoms with van der Waals surface area (Å²) in [7, 11) is 0.